The number of para-hydroxylation sites is 1. The fourth-order valence-corrected chi connectivity index (χ4v) is 1.92. The molecule has 128 valence electrons. The van der Waals surface area contributed by atoms with Crippen LogP contribution in [0.5, 0.6) is 5.75 Å². The summed E-state index contributed by atoms with van der Waals surface area (Å²) < 4.78 is 31.5. The molecule has 0 radical (unpaired) electrons. The van der Waals surface area contributed by atoms with Gasteiger partial charge in [0.2, 0.25) is 0 Å². The first-order valence-electron chi connectivity index (χ1n) is 7.19. The molecule has 0 heterocycles. The summed E-state index contributed by atoms with van der Waals surface area (Å²) in [6, 6.07) is 9.13. The van der Waals surface area contributed by atoms with Gasteiger partial charge in [0, 0.05) is 6.07 Å². The van der Waals surface area contributed by atoms with E-state index in [4.69, 9.17) is 10.5 Å². The monoisotopic (exact) mass is 344 g/mol. The van der Waals surface area contributed by atoms with Crippen molar-refractivity contribution in [2.45, 2.75) is 0 Å². The van der Waals surface area contributed by atoms with E-state index in [1.807, 2.05) is 0 Å². The Balaban J connectivity index is 1.84. The van der Waals surface area contributed by atoms with E-state index in [1.54, 1.807) is 18.2 Å². The zero-order chi connectivity index (χ0) is 18.2. The molecule has 0 bridgehead atoms. The van der Waals surface area contributed by atoms with Crippen LogP contribution in [-0.4, -0.2) is 25.0 Å². The van der Waals surface area contributed by atoms with E-state index in [9.17, 15) is 18.4 Å². The average molecular weight is 344 g/mol. The fraction of sp³-hybridized carbons (Fsp3) is 0.111. The lowest BCUT2D eigenvalue weighted by Crippen LogP contribution is -2.24. The summed E-state index contributed by atoms with van der Waals surface area (Å²) in [5.74, 6) is 2.54. The lowest BCUT2D eigenvalue weighted by Gasteiger charge is -2.06. The molecule has 0 atom stereocenters. The van der Waals surface area contributed by atoms with E-state index < -0.39 is 23.4 Å². The highest BCUT2D eigenvalue weighted by atomic mass is 19.1. The number of primary amides is 1. The van der Waals surface area contributed by atoms with Crippen molar-refractivity contribution in [2.24, 2.45) is 5.73 Å². The molecule has 0 aliphatic rings. The lowest BCUT2D eigenvalue weighted by molar-refractivity contribution is 0.0953. The van der Waals surface area contributed by atoms with Gasteiger partial charge in [-0.2, -0.15) is 0 Å². The summed E-state index contributed by atoms with van der Waals surface area (Å²) in [6.07, 6.45) is 0. The topological polar surface area (TPSA) is 81.4 Å². The first-order valence-corrected chi connectivity index (χ1v) is 7.19. The van der Waals surface area contributed by atoms with Gasteiger partial charge in [-0.15, -0.1) is 0 Å². The van der Waals surface area contributed by atoms with E-state index in [0.29, 0.717) is 11.8 Å². The molecule has 2 aromatic rings. The fourth-order valence-electron chi connectivity index (χ4n) is 1.92. The van der Waals surface area contributed by atoms with Crippen molar-refractivity contribution in [3.8, 4) is 17.6 Å². The maximum Gasteiger partial charge on any atom is 0.255 e. The van der Waals surface area contributed by atoms with E-state index in [2.05, 4.69) is 17.2 Å². The molecule has 0 unspecified atom stereocenters. The van der Waals surface area contributed by atoms with Crippen molar-refractivity contribution in [1.82, 2.24) is 5.32 Å². The van der Waals surface area contributed by atoms with E-state index in [1.165, 1.54) is 6.07 Å². The molecule has 0 aliphatic carbocycles. The van der Waals surface area contributed by atoms with Crippen molar-refractivity contribution in [1.29, 1.82) is 0 Å². The van der Waals surface area contributed by atoms with Gasteiger partial charge in [0.1, 0.15) is 24.0 Å². The summed E-state index contributed by atoms with van der Waals surface area (Å²) in [5.41, 5.74) is 5.19. The number of carbonyl (C=O) groups excluding carboxylic acids is 2. The first-order chi connectivity index (χ1) is 12.0. The number of amides is 2. The molecule has 0 aliphatic heterocycles. The van der Waals surface area contributed by atoms with Gasteiger partial charge in [-0.25, -0.2) is 8.78 Å². The Bertz CT molecular complexity index is 857. The highest BCUT2D eigenvalue weighted by molar-refractivity contribution is 5.95. The van der Waals surface area contributed by atoms with Crippen LogP contribution in [0.25, 0.3) is 0 Å². The third-order valence-corrected chi connectivity index (χ3v) is 3.09. The summed E-state index contributed by atoms with van der Waals surface area (Å²) >= 11 is 0. The van der Waals surface area contributed by atoms with Gasteiger partial charge in [-0.1, -0.05) is 24.0 Å². The molecule has 5 nitrogen and oxygen atoms in total. The van der Waals surface area contributed by atoms with Crippen LogP contribution in [0.3, 0.4) is 0 Å². The molecule has 2 aromatic carbocycles. The van der Waals surface area contributed by atoms with Gasteiger partial charge in [-0.3, -0.25) is 9.59 Å². The largest absolute Gasteiger partial charge is 0.480 e. The Labute approximate surface area is 142 Å². The highest BCUT2D eigenvalue weighted by Gasteiger charge is 2.11. The van der Waals surface area contributed by atoms with E-state index in [-0.39, 0.29) is 24.3 Å². The summed E-state index contributed by atoms with van der Waals surface area (Å²) in [5, 5.41) is 2.38. The molecular weight excluding hydrogens is 330 g/mol. The summed E-state index contributed by atoms with van der Waals surface area (Å²) in [7, 11) is 0. The Kier molecular flexibility index (Phi) is 6.07. The zero-order valence-electron chi connectivity index (χ0n) is 13.0. The van der Waals surface area contributed by atoms with Crippen LogP contribution in [0.2, 0.25) is 0 Å². The molecule has 0 spiro atoms. The van der Waals surface area contributed by atoms with Crippen molar-refractivity contribution in [3.63, 3.8) is 0 Å². The molecule has 25 heavy (non-hydrogen) atoms. The Morgan fingerprint density at radius 1 is 1.08 bits per heavy atom. The maximum absolute atomic E-state index is 13.4. The van der Waals surface area contributed by atoms with E-state index >= 15 is 0 Å². The second kappa shape index (κ2) is 8.45. The second-order valence-electron chi connectivity index (χ2n) is 4.81. The van der Waals surface area contributed by atoms with Crippen LogP contribution < -0.4 is 15.8 Å². The van der Waals surface area contributed by atoms with Gasteiger partial charge in [0.25, 0.3) is 11.8 Å². The van der Waals surface area contributed by atoms with Crippen molar-refractivity contribution in [2.75, 3.05) is 13.2 Å². The minimum atomic E-state index is -0.947. The Morgan fingerprint density at radius 3 is 2.56 bits per heavy atom. The number of hydrogen-bond acceptors (Lipinski definition) is 3. The van der Waals surface area contributed by atoms with Crippen LogP contribution in [0, 0.1) is 23.5 Å². The average Bonchev–Trinajstić information content (AvgIpc) is 2.58. The smallest absolute Gasteiger partial charge is 0.255 e. The second-order valence-corrected chi connectivity index (χ2v) is 4.81. The van der Waals surface area contributed by atoms with Crippen LogP contribution in [-0.2, 0) is 0 Å². The van der Waals surface area contributed by atoms with Crippen LogP contribution >= 0.6 is 0 Å². The molecule has 0 fully saturated rings. The summed E-state index contributed by atoms with van der Waals surface area (Å²) in [6.45, 7) is -0.0679. The first kappa shape index (κ1) is 17.9. The number of nitrogens with one attached hydrogen (secondary N) is 1. The van der Waals surface area contributed by atoms with Crippen LogP contribution in [0.1, 0.15) is 20.7 Å². The number of halogens is 2. The minimum Gasteiger partial charge on any atom is -0.480 e. The maximum atomic E-state index is 13.4. The number of benzene rings is 2. The third-order valence-electron chi connectivity index (χ3n) is 3.09. The SMILES string of the molecule is NC(=O)c1ccccc1OCC#CCNC(=O)c1ccc(F)cc1F. The van der Waals surface area contributed by atoms with Crippen molar-refractivity contribution >= 4 is 11.8 Å². The molecule has 2 rings (SSSR count). The summed E-state index contributed by atoms with van der Waals surface area (Å²) in [4.78, 5) is 22.9. The number of carbonyl (C=O) groups is 2. The third kappa shape index (κ3) is 5.04. The number of ether oxygens (including phenoxy) is 1. The molecule has 2 amide bonds. The molecule has 0 saturated heterocycles. The minimum absolute atomic E-state index is 0.0227. The van der Waals surface area contributed by atoms with Gasteiger partial charge < -0.3 is 15.8 Å². The lowest BCUT2D eigenvalue weighted by atomic mass is 10.2. The quantitative estimate of drug-likeness (QED) is 0.813. The van der Waals surface area contributed by atoms with Crippen LogP contribution in [0.15, 0.2) is 42.5 Å². The molecule has 0 saturated carbocycles. The van der Waals surface area contributed by atoms with E-state index in [0.717, 1.165) is 12.1 Å². The van der Waals surface area contributed by atoms with Crippen LogP contribution in [0.4, 0.5) is 8.78 Å². The van der Waals surface area contributed by atoms with Crippen molar-refractivity contribution in [3.05, 3.63) is 65.2 Å². The standard InChI is InChI=1S/C18H14F2N2O3/c19-12-7-8-13(15(20)11-12)18(24)22-9-3-4-10-25-16-6-2-1-5-14(16)17(21)23/h1-2,5-8,11H,9-10H2,(H2,21,23)(H,22,24). The number of rotatable bonds is 5. The number of nitrogens with two attached hydrogens (primary N) is 1. The molecule has 3 N–H and O–H groups in total. The Hall–Kier alpha value is -3.40. The molecule has 7 heteroatoms. The normalized spacial score (nSPS) is 9.68. The zero-order valence-corrected chi connectivity index (χ0v) is 13.0. The molecular formula is C18H14F2N2O3. The predicted octanol–water partition coefficient (Wildman–Crippen LogP) is 1.88. The highest BCUT2D eigenvalue weighted by Crippen LogP contribution is 2.16. The van der Waals surface area contributed by atoms with Gasteiger partial charge >= 0.3 is 0 Å². The van der Waals surface area contributed by atoms with Gasteiger partial charge in [-0.05, 0) is 24.3 Å². The van der Waals surface area contributed by atoms with Crippen molar-refractivity contribution < 1.29 is 23.1 Å². The van der Waals surface area contributed by atoms with Gasteiger partial charge in [0.05, 0.1) is 17.7 Å². The predicted molar refractivity (Wildman–Crippen MR) is 86.9 cm³/mol. The molecule has 0 aromatic heterocycles. The Morgan fingerprint density at radius 2 is 1.84 bits per heavy atom. The number of hydrogen-bond donors (Lipinski definition) is 2. The van der Waals surface area contributed by atoms with Gasteiger partial charge in [0.15, 0.2) is 0 Å².